The molecule has 0 saturated carbocycles. The van der Waals surface area contributed by atoms with Crippen LogP contribution in [0.15, 0.2) is 48.5 Å². The molecule has 1 aromatic heterocycles. The van der Waals surface area contributed by atoms with Crippen molar-refractivity contribution in [2.75, 3.05) is 30.8 Å². The number of ether oxygens (including phenoxy) is 1. The Morgan fingerprint density at radius 3 is 2.78 bits per heavy atom. The topological polar surface area (TPSA) is 96.4 Å². The smallest absolute Gasteiger partial charge is 0.321 e. The molecule has 0 aliphatic carbocycles. The number of hydrogen-bond donors (Lipinski definition) is 2. The van der Waals surface area contributed by atoms with E-state index in [4.69, 9.17) is 4.74 Å². The van der Waals surface area contributed by atoms with Crippen molar-refractivity contribution in [1.82, 2.24) is 15.1 Å². The molecule has 0 spiro atoms. The second-order valence-corrected chi connectivity index (χ2v) is 8.67. The van der Waals surface area contributed by atoms with Gasteiger partial charge < -0.3 is 20.3 Å². The van der Waals surface area contributed by atoms with Gasteiger partial charge in [-0.05, 0) is 43.5 Å². The van der Waals surface area contributed by atoms with Crippen molar-refractivity contribution >= 4 is 34.6 Å². The molecule has 3 aromatic rings. The number of aromatic nitrogens is 2. The van der Waals surface area contributed by atoms with Gasteiger partial charge in [0.2, 0.25) is 5.01 Å². The number of hydrogen-bond acceptors (Lipinski definition) is 6. The molecule has 3 amide bonds. The fraction of sp³-hybridized carbons (Fsp3) is 0.304. The molecule has 8 nitrogen and oxygen atoms in total. The Morgan fingerprint density at radius 1 is 1.12 bits per heavy atom. The van der Waals surface area contributed by atoms with Gasteiger partial charge in [0.1, 0.15) is 10.8 Å². The van der Waals surface area contributed by atoms with Crippen LogP contribution < -0.4 is 15.4 Å². The summed E-state index contributed by atoms with van der Waals surface area (Å²) in [4.78, 5) is 27.2. The number of piperidine rings is 1. The molecule has 9 heteroatoms. The van der Waals surface area contributed by atoms with Crippen LogP contribution in [0.1, 0.15) is 39.1 Å². The van der Waals surface area contributed by atoms with Crippen LogP contribution in [0.4, 0.5) is 16.2 Å². The molecule has 166 valence electrons. The predicted molar refractivity (Wildman–Crippen MR) is 125 cm³/mol. The molecule has 1 fully saturated rings. The van der Waals surface area contributed by atoms with Gasteiger partial charge in [0, 0.05) is 36.4 Å². The van der Waals surface area contributed by atoms with Crippen molar-refractivity contribution in [3.8, 4) is 5.75 Å². The van der Waals surface area contributed by atoms with Gasteiger partial charge >= 0.3 is 6.03 Å². The molecule has 1 unspecified atom stereocenters. The maximum Gasteiger partial charge on any atom is 0.321 e. The molecule has 4 rings (SSSR count). The molecule has 32 heavy (non-hydrogen) atoms. The number of rotatable bonds is 5. The van der Waals surface area contributed by atoms with E-state index in [0.29, 0.717) is 29.5 Å². The molecular formula is C23H25N5O3S. The van der Waals surface area contributed by atoms with Crippen molar-refractivity contribution in [2.45, 2.75) is 25.7 Å². The van der Waals surface area contributed by atoms with E-state index in [9.17, 15) is 9.59 Å². The van der Waals surface area contributed by atoms with Crippen LogP contribution in [0.25, 0.3) is 0 Å². The summed E-state index contributed by atoms with van der Waals surface area (Å²) < 4.78 is 5.21. The molecule has 1 saturated heterocycles. The summed E-state index contributed by atoms with van der Waals surface area (Å²) in [7, 11) is 1.59. The first-order valence-corrected chi connectivity index (χ1v) is 11.3. The average Bonchev–Trinajstić information content (AvgIpc) is 3.31. The van der Waals surface area contributed by atoms with Gasteiger partial charge in [0.15, 0.2) is 0 Å². The molecule has 1 aliphatic rings. The van der Waals surface area contributed by atoms with Gasteiger partial charge in [-0.3, -0.25) is 4.79 Å². The second kappa shape index (κ2) is 9.78. The highest BCUT2D eigenvalue weighted by Gasteiger charge is 2.28. The van der Waals surface area contributed by atoms with Gasteiger partial charge in [-0.15, -0.1) is 10.2 Å². The highest BCUT2D eigenvalue weighted by atomic mass is 32.1. The van der Waals surface area contributed by atoms with Crippen LogP contribution in [0.3, 0.4) is 0 Å². The molecule has 2 aromatic carbocycles. The Morgan fingerprint density at radius 2 is 1.97 bits per heavy atom. The summed E-state index contributed by atoms with van der Waals surface area (Å²) in [6.45, 7) is 3.14. The van der Waals surface area contributed by atoms with Crippen LogP contribution in [0.5, 0.6) is 5.75 Å². The monoisotopic (exact) mass is 451 g/mol. The van der Waals surface area contributed by atoms with Crippen molar-refractivity contribution in [3.63, 3.8) is 0 Å². The minimum Gasteiger partial charge on any atom is -0.497 e. The number of nitrogens with one attached hydrogen (secondary N) is 2. The van der Waals surface area contributed by atoms with Crippen molar-refractivity contribution < 1.29 is 14.3 Å². The largest absolute Gasteiger partial charge is 0.497 e. The Labute approximate surface area is 190 Å². The highest BCUT2D eigenvalue weighted by Crippen LogP contribution is 2.30. The Bertz CT molecular complexity index is 1120. The van der Waals surface area contributed by atoms with E-state index in [1.807, 2.05) is 49.4 Å². The zero-order chi connectivity index (χ0) is 22.5. The van der Waals surface area contributed by atoms with E-state index in [-0.39, 0.29) is 17.9 Å². The zero-order valence-electron chi connectivity index (χ0n) is 18.0. The third-order valence-electron chi connectivity index (χ3n) is 5.41. The summed E-state index contributed by atoms with van der Waals surface area (Å²) in [6, 6.07) is 14.7. The van der Waals surface area contributed by atoms with Crippen LogP contribution in [-0.2, 0) is 0 Å². The average molecular weight is 452 g/mol. The number of para-hydroxylation sites is 1. The van der Waals surface area contributed by atoms with Crippen molar-refractivity contribution in [3.05, 3.63) is 64.1 Å². The fourth-order valence-electron chi connectivity index (χ4n) is 3.65. The lowest BCUT2D eigenvalue weighted by Crippen LogP contribution is -2.41. The number of nitrogens with zero attached hydrogens (tertiary/aromatic N) is 3. The summed E-state index contributed by atoms with van der Waals surface area (Å²) in [5, 5.41) is 15.3. The van der Waals surface area contributed by atoms with Gasteiger partial charge in [0.05, 0.1) is 7.11 Å². The SMILES string of the molecule is COc1cccc(NC(=O)N2CCCC(c3nnc(C(=O)Nc4ccccc4C)s3)C2)c1. The first kappa shape index (κ1) is 21.8. The van der Waals surface area contributed by atoms with Crippen LogP contribution in [0.2, 0.25) is 0 Å². The van der Waals surface area contributed by atoms with E-state index < -0.39 is 0 Å². The summed E-state index contributed by atoms with van der Waals surface area (Å²) in [5.41, 5.74) is 2.42. The number of benzene rings is 2. The number of likely N-dealkylation sites (tertiary alicyclic amines) is 1. The first-order chi connectivity index (χ1) is 15.5. The minimum atomic E-state index is -0.272. The quantitative estimate of drug-likeness (QED) is 0.595. The van der Waals surface area contributed by atoms with Gasteiger partial charge in [-0.1, -0.05) is 35.6 Å². The number of amides is 3. The van der Waals surface area contributed by atoms with E-state index in [2.05, 4.69) is 20.8 Å². The summed E-state index contributed by atoms with van der Waals surface area (Å²) >= 11 is 1.29. The number of aryl methyl sites for hydroxylation is 1. The molecular weight excluding hydrogens is 426 g/mol. The third kappa shape index (κ3) is 5.05. The predicted octanol–water partition coefficient (Wildman–Crippen LogP) is 4.52. The number of urea groups is 1. The summed E-state index contributed by atoms with van der Waals surface area (Å²) in [5.74, 6) is 0.466. The number of carbonyl (C=O) groups excluding carboxylic acids is 2. The van der Waals surface area contributed by atoms with Crippen LogP contribution >= 0.6 is 11.3 Å². The first-order valence-electron chi connectivity index (χ1n) is 10.4. The zero-order valence-corrected chi connectivity index (χ0v) is 18.8. The molecule has 2 heterocycles. The Balaban J connectivity index is 1.39. The van der Waals surface area contributed by atoms with E-state index in [1.165, 1.54) is 11.3 Å². The molecule has 2 N–H and O–H groups in total. The lowest BCUT2D eigenvalue weighted by molar-refractivity contribution is 0.102. The highest BCUT2D eigenvalue weighted by molar-refractivity contribution is 7.13. The van der Waals surface area contributed by atoms with Crippen molar-refractivity contribution in [2.24, 2.45) is 0 Å². The molecule has 1 atom stereocenters. The number of carbonyl (C=O) groups is 2. The molecule has 0 radical (unpaired) electrons. The van der Waals surface area contributed by atoms with Crippen molar-refractivity contribution in [1.29, 1.82) is 0 Å². The van der Waals surface area contributed by atoms with Gasteiger partial charge in [-0.2, -0.15) is 0 Å². The number of methoxy groups -OCH3 is 1. The van der Waals surface area contributed by atoms with Crippen LogP contribution in [-0.4, -0.2) is 47.2 Å². The lowest BCUT2D eigenvalue weighted by Gasteiger charge is -2.31. The summed E-state index contributed by atoms with van der Waals surface area (Å²) in [6.07, 6.45) is 1.76. The Kier molecular flexibility index (Phi) is 6.65. The van der Waals surface area contributed by atoms with Crippen LogP contribution in [0, 0.1) is 6.92 Å². The van der Waals surface area contributed by atoms with E-state index in [1.54, 1.807) is 18.1 Å². The Hall–Kier alpha value is -3.46. The third-order valence-corrected chi connectivity index (χ3v) is 6.49. The molecule has 0 bridgehead atoms. The normalized spacial score (nSPS) is 15.8. The lowest BCUT2D eigenvalue weighted by atomic mass is 9.99. The molecule has 1 aliphatic heterocycles. The van der Waals surface area contributed by atoms with Gasteiger partial charge in [0.25, 0.3) is 5.91 Å². The van der Waals surface area contributed by atoms with Gasteiger partial charge in [-0.25, -0.2) is 4.79 Å². The van der Waals surface area contributed by atoms with E-state index >= 15 is 0 Å². The maximum absolute atomic E-state index is 12.8. The standard InChI is InChI=1S/C23H25N5O3S/c1-15-7-3-4-11-19(15)25-20(29)22-27-26-21(32-22)16-8-6-12-28(14-16)23(30)24-17-9-5-10-18(13-17)31-2/h3-5,7,9-11,13,16H,6,8,12,14H2,1-2H3,(H,24,30)(H,25,29). The van der Waals surface area contributed by atoms with E-state index in [0.717, 1.165) is 29.1 Å². The second-order valence-electron chi connectivity index (χ2n) is 7.66. The number of anilines is 2. The fourth-order valence-corrected chi connectivity index (χ4v) is 4.51. The maximum atomic E-state index is 12.8. The minimum absolute atomic E-state index is 0.0531.